The van der Waals surface area contributed by atoms with E-state index in [0.717, 1.165) is 12.8 Å². The maximum atomic E-state index is 12.7. The number of carbonyl (C=O) groups is 1. The van der Waals surface area contributed by atoms with Crippen molar-refractivity contribution in [1.29, 1.82) is 0 Å². The molecular weight excluding hydrogens is 348 g/mol. The van der Waals surface area contributed by atoms with Crippen molar-refractivity contribution in [3.63, 3.8) is 0 Å². The molecule has 0 aromatic carbocycles. The molecule has 2 aliphatic rings. The van der Waals surface area contributed by atoms with E-state index in [-0.39, 0.29) is 17.6 Å². The maximum Gasteiger partial charge on any atom is 0.266 e. The highest BCUT2D eigenvalue weighted by Crippen LogP contribution is 2.33. The molecule has 150 valence electrons. The number of hydrogen-bond donors (Lipinski definition) is 0. The molecule has 8 nitrogen and oxygen atoms in total. The molecule has 1 amide bonds. The van der Waals surface area contributed by atoms with Crippen LogP contribution in [0.3, 0.4) is 0 Å². The Labute approximate surface area is 160 Å². The average Bonchev–Trinajstić information content (AvgIpc) is 2.89. The van der Waals surface area contributed by atoms with E-state index in [2.05, 4.69) is 18.9 Å². The van der Waals surface area contributed by atoms with Gasteiger partial charge in [-0.3, -0.25) is 14.5 Å². The normalized spacial score (nSPS) is 26.1. The Kier molecular flexibility index (Phi) is 6.29. The number of hydrogen-bond acceptors (Lipinski definition) is 6. The molecule has 2 saturated heterocycles. The number of likely N-dealkylation sites (N-methyl/N-ethyl adjacent to an activating group) is 1. The number of aromatic nitrogens is 2. The number of amides is 1. The Hall–Kier alpha value is -1.77. The third-order valence-electron chi connectivity index (χ3n) is 5.47. The largest absolute Gasteiger partial charge is 0.377 e. The van der Waals surface area contributed by atoms with E-state index in [1.54, 1.807) is 12.3 Å². The molecule has 2 atom stereocenters. The lowest BCUT2D eigenvalue weighted by Crippen LogP contribution is -2.49. The van der Waals surface area contributed by atoms with Gasteiger partial charge in [-0.05, 0) is 39.8 Å². The Morgan fingerprint density at radius 1 is 1.48 bits per heavy atom. The van der Waals surface area contributed by atoms with Crippen molar-refractivity contribution in [3.8, 4) is 0 Å². The molecule has 8 heteroatoms. The quantitative estimate of drug-likeness (QED) is 0.736. The first-order chi connectivity index (χ1) is 12.9. The molecule has 1 aromatic rings. The van der Waals surface area contributed by atoms with E-state index in [1.807, 2.05) is 16.8 Å². The molecular formula is C19H30N4O4. The van der Waals surface area contributed by atoms with Crippen LogP contribution in [0, 0.1) is 0 Å². The minimum absolute atomic E-state index is 0.101. The van der Waals surface area contributed by atoms with E-state index in [4.69, 9.17) is 9.47 Å². The fraction of sp³-hybridized carbons (Fsp3) is 0.737. The minimum atomic E-state index is -0.494. The van der Waals surface area contributed by atoms with Gasteiger partial charge in [0.05, 0.1) is 39.0 Å². The summed E-state index contributed by atoms with van der Waals surface area (Å²) in [5.74, 6) is 0.101. The summed E-state index contributed by atoms with van der Waals surface area (Å²) in [7, 11) is 1.96. The second-order valence-electron chi connectivity index (χ2n) is 7.88. The Morgan fingerprint density at radius 2 is 2.30 bits per heavy atom. The van der Waals surface area contributed by atoms with Crippen LogP contribution in [-0.2, 0) is 20.8 Å². The lowest BCUT2D eigenvalue weighted by Gasteiger charge is -2.33. The van der Waals surface area contributed by atoms with Crippen LogP contribution < -0.4 is 5.56 Å². The first-order valence-electron chi connectivity index (χ1n) is 9.64. The van der Waals surface area contributed by atoms with Gasteiger partial charge in [0.2, 0.25) is 5.91 Å². The Balaban J connectivity index is 1.64. The lowest BCUT2D eigenvalue weighted by molar-refractivity contribution is -0.137. The van der Waals surface area contributed by atoms with Gasteiger partial charge in [0.25, 0.3) is 5.56 Å². The van der Waals surface area contributed by atoms with Gasteiger partial charge in [-0.15, -0.1) is 0 Å². The van der Waals surface area contributed by atoms with Gasteiger partial charge in [-0.1, -0.05) is 0 Å². The molecule has 2 aliphatic heterocycles. The predicted octanol–water partition coefficient (Wildman–Crippen LogP) is 0.360. The van der Waals surface area contributed by atoms with Crippen LogP contribution in [0.25, 0.3) is 0 Å². The molecule has 0 N–H and O–H groups in total. The summed E-state index contributed by atoms with van der Waals surface area (Å²) in [5, 5.41) is 4.11. The van der Waals surface area contributed by atoms with E-state index in [9.17, 15) is 9.59 Å². The van der Waals surface area contributed by atoms with Gasteiger partial charge in [0.15, 0.2) is 0 Å². The molecule has 0 aliphatic carbocycles. The van der Waals surface area contributed by atoms with Crippen molar-refractivity contribution >= 4 is 5.91 Å². The first-order valence-corrected chi connectivity index (χ1v) is 9.64. The summed E-state index contributed by atoms with van der Waals surface area (Å²) >= 11 is 0. The molecule has 3 rings (SSSR count). The number of rotatable bonds is 5. The van der Waals surface area contributed by atoms with Crippen molar-refractivity contribution in [3.05, 3.63) is 28.7 Å². The predicted molar refractivity (Wildman–Crippen MR) is 101 cm³/mol. The van der Waals surface area contributed by atoms with Crippen molar-refractivity contribution < 1.29 is 14.3 Å². The Bertz CT molecular complexity index is 707. The van der Waals surface area contributed by atoms with Crippen LogP contribution in [0.1, 0.15) is 26.7 Å². The Morgan fingerprint density at radius 3 is 3.04 bits per heavy atom. The van der Waals surface area contributed by atoms with E-state index in [0.29, 0.717) is 45.4 Å². The molecule has 1 aromatic heterocycles. The van der Waals surface area contributed by atoms with Crippen LogP contribution >= 0.6 is 0 Å². The SMILES string of the molecule is CC(C)N(C)CC(=O)N1CCOC[C@]2(CCC(Cn3ncccc3=O)O2)C1. The maximum absolute atomic E-state index is 12.7. The first kappa shape index (κ1) is 20.0. The van der Waals surface area contributed by atoms with Gasteiger partial charge >= 0.3 is 0 Å². The van der Waals surface area contributed by atoms with Crippen LogP contribution in [-0.4, -0.2) is 83.1 Å². The standard InChI is InChI=1S/C19H30N4O4/c1-15(2)21(3)12-18(25)22-9-10-26-14-19(13-22)7-6-16(27-19)11-23-17(24)5-4-8-20-23/h4-5,8,15-16H,6-7,9-14H2,1-3H3/t16?,19-/m0/s1. The number of carbonyl (C=O) groups excluding carboxylic acids is 1. The van der Waals surface area contributed by atoms with Crippen LogP contribution in [0.4, 0.5) is 0 Å². The fourth-order valence-corrected chi connectivity index (χ4v) is 3.58. The summed E-state index contributed by atoms with van der Waals surface area (Å²) in [6.45, 7) is 7.07. The summed E-state index contributed by atoms with van der Waals surface area (Å²) in [5.41, 5.74) is -0.626. The molecule has 1 unspecified atom stereocenters. The van der Waals surface area contributed by atoms with E-state index in [1.165, 1.54) is 10.7 Å². The zero-order valence-electron chi connectivity index (χ0n) is 16.5. The molecule has 27 heavy (non-hydrogen) atoms. The average molecular weight is 378 g/mol. The summed E-state index contributed by atoms with van der Waals surface area (Å²) in [6, 6.07) is 3.44. The van der Waals surface area contributed by atoms with Crippen LogP contribution in [0.15, 0.2) is 23.1 Å². The third-order valence-corrected chi connectivity index (χ3v) is 5.47. The monoisotopic (exact) mass is 378 g/mol. The second kappa shape index (κ2) is 8.50. The van der Waals surface area contributed by atoms with Crippen LogP contribution in [0.2, 0.25) is 0 Å². The minimum Gasteiger partial charge on any atom is -0.377 e. The zero-order chi connectivity index (χ0) is 19.4. The van der Waals surface area contributed by atoms with Gasteiger partial charge in [0, 0.05) is 24.8 Å². The van der Waals surface area contributed by atoms with Crippen LogP contribution in [0.5, 0.6) is 0 Å². The molecule has 3 heterocycles. The highest BCUT2D eigenvalue weighted by Gasteiger charge is 2.44. The topological polar surface area (TPSA) is 76.9 Å². The van der Waals surface area contributed by atoms with Gasteiger partial charge < -0.3 is 14.4 Å². The second-order valence-corrected chi connectivity index (χ2v) is 7.88. The van der Waals surface area contributed by atoms with Gasteiger partial charge in [0.1, 0.15) is 5.60 Å². The van der Waals surface area contributed by atoms with Gasteiger partial charge in [-0.2, -0.15) is 5.10 Å². The number of nitrogens with zero attached hydrogens (tertiary/aromatic N) is 4. The lowest BCUT2D eigenvalue weighted by atomic mass is 10.00. The molecule has 0 radical (unpaired) electrons. The van der Waals surface area contributed by atoms with Gasteiger partial charge in [-0.25, -0.2) is 4.68 Å². The van der Waals surface area contributed by atoms with Crippen molar-refractivity contribution in [2.45, 2.75) is 51.0 Å². The highest BCUT2D eigenvalue weighted by atomic mass is 16.6. The van der Waals surface area contributed by atoms with Crippen molar-refractivity contribution in [2.24, 2.45) is 0 Å². The summed E-state index contributed by atoms with van der Waals surface area (Å²) in [6.07, 6.45) is 3.13. The smallest absolute Gasteiger partial charge is 0.266 e. The zero-order valence-corrected chi connectivity index (χ0v) is 16.5. The highest BCUT2D eigenvalue weighted by molar-refractivity contribution is 5.78. The van der Waals surface area contributed by atoms with Crippen molar-refractivity contribution in [1.82, 2.24) is 19.6 Å². The fourth-order valence-electron chi connectivity index (χ4n) is 3.58. The number of ether oxygens (including phenoxy) is 2. The molecule has 2 fully saturated rings. The molecule has 0 saturated carbocycles. The third kappa shape index (κ3) is 4.94. The van der Waals surface area contributed by atoms with E-state index < -0.39 is 5.60 Å². The molecule has 1 spiro atoms. The van der Waals surface area contributed by atoms with Crippen molar-refractivity contribution in [2.75, 3.05) is 39.9 Å². The van der Waals surface area contributed by atoms with E-state index >= 15 is 0 Å². The summed E-state index contributed by atoms with van der Waals surface area (Å²) in [4.78, 5) is 28.5. The summed E-state index contributed by atoms with van der Waals surface area (Å²) < 4.78 is 13.5. The molecule has 0 bridgehead atoms.